The van der Waals surface area contributed by atoms with E-state index >= 15 is 0 Å². The molecule has 0 aromatic heterocycles. The molecule has 2 aromatic carbocycles. The van der Waals surface area contributed by atoms with Gasteiger partial charge in [-0.05, 0) is 36.4 Å². The van der Waals surface area contributed by atoms with Crippen LogP contribution in [-0.4, -0.2) is 6.54 Å². The summed E-state index contributed by atoms with van der Waals surface area (Å²) in [6.45, 7) is 4.57. The van der Waals surface area contributed by atoms with Crippen molar-refractivity contribution in [2.45, 2.75) is 0 Å². The number of nitrogen functional groups attached to an aromatic ring is 1. The van der Waals surface area contributed by atoms with Gasteiger partial charge in [0.15, 0.2) is 0 Å². The van der Waals surface area contributed by atoms with E-state index in [1.165, 1.54) is 0 Å². The third kappa shape index (κ3) is 2.67. The van der Waals surface area contributed by atoms with Crippen molar-refractivity contribution in [3.8, 4) is 0 Å². The van der Waals surface area contributed by atoms with Gasteiger partial charge in [0, 0.05) is 23.6 Å². The predicted octanol–water partition coefficient (Wildman–Crippen LogP) is 3.59. The first-order valence-corrected chi connectivity index (χ1v) is 5.60. The van der Waals surface area contributed by atoms with Crippen molar-refractivity contribution in [1.82, 2.24) is 0 Å². The van der Waals surface area contributed by atoms with Crippen LogP contribution in [0, 0.1) is 0 Å². The van der Waals surface area contributed by atoms with Crippen molar-refractivity contribution in [2.24, 2.45) is 0 Å². The van der Waals surface area contributed by atoms with Crippen LogP contribution in [0.25, 0.3) is 0 Å². The van der Waals surface area contributed by atoms with Crippen LogP contribution in [0.1, 0.15) is 0 Å². The molecule has 0 saturated carbocycles. The zero-order valence-corrected chi connectivity index (χ0v) is 9.71. The van der Waals surface area contributed by atoms with Crippen molar-refractivity contribution >= 4 is 17.1 Å². The number of nitrogens with two attached hydrogens (primary N) is 1. The fraction of sp³-hybridized carbons (Fsp3) is 0.0667. The Hall–Kier alpha value is -2.22. The van der Waals surface area contributed by atoms with Crippen LogP contribution >= 0.6 is 0 Å². The third-order valence-electron chi connectivity index (χ3n) is 2.58. The lowest BCUT2D eigenvalue weighted by Gasteiger charge is -2.23. The van der Waals surface area contributed by atoms with E-state index in [4.69, 9.17) is 5.73 Å². The normalized spacial score (nSPS) is 9.88. The van der Waals surface area contributed by atoms with E-state index in [0.29, 0.717) is 0 Å². The van der Waals surface area contributed by atoms with Gasteiger partial charge in [0.05, 0.1) is 0 Å². The van der Waals surface area contributed by atoms with E-state index in [2.05, 4.69) is 23.6 Å². The van der Waals surface area contributed by atoms with Crippen LogP contribution in [0.5, 0.6) is 0 Å². The molecule has 0 heterocycles. The molecular formula is C15H16N2. The average molecular weight is 224 g/mol. The second-order valence-electron chi connectivity index (χ2n) is 3.83. The van der Waals surface area contributed by atoms with Gasteiger partial charge in [-0.1, -0.05) is 24.3 Å². The SMILES string of the molecule is C=CCN(c1ccccc1)c1ccc(N)cc1. The van der Waals surface area contributed by atoms with Crippen LogP contribution in [0.2, 0.25) is 0 Å². The average Bonchev–Trinajstić information content (AvgIpc) is 2.38. The molecule has 0 aliphatic carbocycles. The zero-order valence-electron chi connectivity index (χ0n) is 9.71. The predicted molar refractivity (Wildman–Crippen MR) is 74.5 cm³/mol. The topological polar surface area (TPSA) is 29.3 Å². The summed E-state index contributed by atoms with van der Waals surface area (Å²) in [4.78, 5) is 2.19. The summed E-state index contributed by atoms with van der Waals surface area (Å²) in [7, 11) is 0. The van der Waals surface area contributed by atoms with Crippen LogP contribution in [0.15, 0.2) is 67.3 Å². The Labute approximate surface area is 102 Å². The van der Waals surface area contributed by atoms with Crippen LogP contribution < -0.4 is 10.6 Å². The molecule has 17 heavy (non-hydrogen) atoms. The third-order valence-corrected chi connectivity index (χ3v) is 2.58. The van der Waals surface area contributed by atoms with Crippen LogP contribution in [0.4, 0.5) is 17.1 Å². The molecule has 86 valence electrons. The van der Waals surface area contributed by atoms with Crippen LogP contribution in [-0.2, 0) is 0 Å². The molecular weight excluding hydrogens is 208 g/mol. The minimum Gasteiger partial charge on any atom is -0.399 e. The van der Waals surface area contributed by atoms with E-state index in [1.807, 2.05) is 48.5 Å². The Kier molecular flexibility index (Phi) is 3.46. The molecule has 2 nitrogen and oxygen atoms in total. The number of benzene rings is 2. The molecule has 0 unspecified atom stereocenters. The van der Waals surface area contributed by atoms with Gasteiger partial charge in [-0.25, -0.2) is 0 Å². The second kappa shape index (κ2) is 5.21. The zero-order chi connectivity index (χ0) is 12.1. The highest BCUT2D eigenvalue weighted by atomic mass is 15.1. The maximum absolute atomic E-state index is 5.70. The summed E-state index contributed by atoms with van der Waals surface area (Å²) in [5.41, 5.74) is 8.75. The molecule has 2 N–H and O–H groups in total. The summed E-state index contributed by atoms with van der Waals surface area (Å²) in [5.74, 6) is 0. The summed E-state index contributed by atoms with van der Waals surface area (Å²) < 4.78 is 0. The minimum atomic E-state index is 0.772. The lowest BCUT2D eigenvalue weighted by atomic mass is 10.2. The maximum atomic E-state index is 5.70. The first kappa shape index (κ1) is 11.3. The van der Waals surface area contributed by atoms with Gasteiger partial charge < -0.3 is 10.6 Å². The molecule has 0 fully saturated rings. The largest absolute Gasteiger partial charge is 0.399 e. The smallest absolute Gasteiger partial charge is 0.0415 e. The number of rotatable bonds is 4. The van der Waals surface area contributed by atoms with Crippen molar-refractivity contribution in [3.05, 3.63) is 67.3 Å². The Morgan fingerprint density at radius 3 is 2.12 bits per heavy atom. The standard InChI is InChI=1S/C15H16N2/c1-2-12-17(14-6-4-3-5-7-14)15-10-8-13(16)9-11-15/h2-11H,1,12,16H2. The summed E-state index contributed by atoms with van der Waals surface area (Å²) in [6, 6.07) is 18.1. The molecule has 0 atom stereocenters. The quantitative estimate of drug-likeness (QED) is 0.635. The molecule has 0 saturated heterocycles. The Balaban J connectivity index is 2.35. The molecule has 0 radical (unpaired) electrons. The van der Waals surface area contributed by atoms with E-state index in [-0.39, 0.29) is 0 Å². The molecule has 2 aromatic rings. The van der Waals surface area contributed by atoms with Gasteiger partial charge in [0.25, 0.3) is 0 Å². The van der Waals surface area contributed by atoms with Crippen molar-refractivity contribution in [2.75, 3.05) is 17.2 Å². The number of hydrogen-bond acceptors (Lipinski definition) is 2. The first-order chi connectivity index (χ1) is 8.31. The van der Waals surface area contributed by atoms with E-state index in [9.17, 15) is 0 Å². The molecule has 0 aliphatic heterocycles. The molecule has 2 heteroatoms. The number of anilines is 3. The summed E-state index contributed by atoms with van der Waals surface area (Å²) >= 11 is 0. The summed E-state index contributed by atoms with van der Waals surface area (Å²) in [5, 5.41) is 0. The lowest BCUT2D eigenvalue weighted by molar-refractivity contribution is 1.10. The highest BCUT2D eigenvalue weighted by Crippen LogP contribution is 2.25. The van der Waals surface area contributed by atoms with Gasteiger partial charge in [0.2, 0.25) is 0 Å². The number of nitrogens with zero attached hydrogens (tertiary/aromatic N) is 1. The Bertz CT molecular complexity index is 474. The van der Waals surface area contributed by atoms with Crippen molar-refractivity contribution < 1.29 is 0 Å². The van der Waals surface area contributed by atoms with Crippen molar-refractivity contribution in [1.29, 1.82) is 0 Å². The summed E-state index contributed by atoms with van der Waals surface area (Å²) in [6.07, 6.45) is 1.89. The highest BCUT2D eigenvalue weighted by molar-refractivity contribution is 5.65. The molecule has 0 aliphatic rings. The molecule has 0 spiro atoms. The number of para-hydroxylation sites is 1. The van der Waals surface area contributed by atoms with Gasteiger partial charge in [-0.3, -0.25) is 0 Å². The fourth-order valence-electron chi connectivity index (χ4n) is 1.75. The van der Waals surface area contributed by atoms with E-state index in [0.717, 1.165) is 23.6 Å². The lowest BCUT2D eigenvalue weighted by Crippen LogP contribution is -2.16. The Morgan fingerprint density at radius 2 is 1.53 bits per heavy atom. The van der Waals surface area contributed by atoms with Crippen molar-refractivity contribution in [3.63, 3.8) is 0 Å². The highest BCUT2D eigenvalue weighted by Gasteiger charge is 2.06. The molecule has 0 amide bonds. The van der Waals surface area contributed by atoms with Gasteiger partial charge in [0.1, 0.15) is 0 Å². The van der Waals surface area contributed by atoms with Gasteiger partial charge in [-0.2, -0.15) is 0 Å². The minimum absolute atomic E-state index is 0.772. The van der Waals surface area contributed by atoms with Gasteiger partial charge in [-0.15, -0.1) is 6.58 Å². The maximum Gasteiger partial charge on any atom is 0.0415 e. The number of hydrogen-bond donors (Lipinski definition) is 1. The molecule has 0 bridgehead atoms. The molecule has 2 rings (SSSR count). The fourth-order valence-corrected chi connectivity index (χ4v) is 1.75. The van der Waals surface area contributed by atoms with E-state index in [1.54, 1.807) is 0 Å². The monoisotopic (exact) mass is 224 g/mol. The second-order valence-corrected chi connectivity index (χ2v) is 3.83. The first-order valence-electron chi connectivity index (χ1n) is 5.60. The van der Waals surface area contributed by atoms with Gasteiger partial charge >= 0.3 is 0 Å². The Morgan fingerprint density at radius 1 is 0.941 bits per heavy atom. The van der Waals surface area contributed by atoms with E-state index < -0.39 is 0 Å². The van der Waals surface area contributed by atoms with Crippen LogP contribution in [0.3, 0.4) is 0 Å².